The summed E-state index contributed by atoms with van der Waals surface area (Å²) in [5.74, 6) is 0.803. The molecule has 0 atom stereocenters. The van der Waals surface area contributed by atoms with E-state index in [1.165, 1.54) is 11.8 Å². The second kappa shape index (κ2) is 15.1. The minimum Gasteiger partial charge on any atom is -0.497 e. The van der Waals surface area contributed by atoms with Crippen molar-refractivity contribution in [2.24, 2.45) is 0 Å². The lowest BCUT2D eigenvalue weighted by atomic mass is 10.3. The van der Waals surface area contributed by atoms with Crippen LogP contribution in [0.25, 0.3) is 11.2 Å². The highest BCUT2D eigenvalue weighted by molar-refractivity contribution is 7.99. The van der Waals surface area contributed by atoms with Crippen molar-refractivity contribution in [1.29, 1.82) is 0 Å². The lowest BCUT2D eigenvalue weighted by Gasteiger charge is -2.22. The van der Waals surface area contributed by atoms with Gasteiger partial charge < -0.3 is 38.7 Å². The van der Waals surface area contributed by atoms with Gasteiger partial charge in [0.1, 0.15) is 22.6 Å². The van der Waals surface area contributed by atoms with Gasteiger partial charge in [0.05, 0.1) is 37.8 Å². The molecular formula is C27H36N5O11PS. The Balaban J connectivity index is 1.43. The van der Waals surface area contributed by atoms with E-state index in [9.17, 15) is 14.2 Å². The van der Waals surface area contributed by atoms with E-state index in [2.05, 4.69) is 15.0 Å². The van der Waals surface area contributed by atoms with Gasteiger partial charge in [-0.1, -0.05) is 11.8 Å². The molecule has 0 radical (unpaired) electrons. The monoisotopic (exact) mass is 669 g/mol. The van der Waals surface area contributed by atoms with Gasteiger partial charge in [-0.3, -0.25) is 13.6 Å². The second-order valence-electron chi connectivity index (χ2n) is 10.4. The molecular weight excluding hydrogens is 633 g/mol. The Hall–Kier alpha value is -3.63. The highest BCUT2D eigenvalue weighted by atomic mass is 32.2. The molecule has 0 amide bonds. The fourth-order valence-electron chi connectivity index (χ4n) is 3.76. The van der Waals surface area contributed by atoms with Gasteiger partial charge in [-0.15, -0.1) is 0 Å². The van der Waals surface area contributed by atoms with Gasteiger partial charge >= 0.3 is 19.9 Å². The van der Waals surface area contributed by atoms with E-state index < -0.39 is 57.6 Å². The van der Waals surface area contributed by atoms with Crippen LogP contribution in [0.1, 0.15) is 40.5 Å². The first kappa shape index (κ1) is 34.2. The topological polar surface area (TPSA) is 195 Å². The SMILES string of the molecule is COc1ccc(Sc2nc(N)nc3c2ncn3CC2(OCP(=O)(OCOC(=O)OC(C)C)OCOC(=O)OC(C)C)CC2)cc1. The maximum absolute atomic E-state index is 13.5. The van der Waals surface area contributed by atoms with Crippen molar-refractivity contribution in [3.63, 3.8) is 0 Å². The van der Waals surface area contributed by atoms with E-state index in [1.54, 1.807) is 45.7 Å². The number of hydrogen-bond donors (Lipinski definition) is 1. The number of carbonyl (C=O) groups is 2. The number of nitrogens with zero attached hydrogens (tertiary/aromatic N) is 4. The standard InChI is InChI=1S/C27H36N5O11PS/c1-17(2)42-25(33)37-14-40-44(35,41-15-38-26(34)43-18(3)4)16-39-27(10-11-27)12-32-13-29-21-22(32)30-24(28)31-23(21)45-20-8-6-19(36-5)7-9-20/h6-9,13,17-18H,10-12,14-16H2,1-5H3,(H2,28,30,31). The molecule has 1 aliphatic carbocycles. The van der Waals surface area contributed by atoms with Crippen LogP contribution in [0.2, 0.25) is 0 Å². The number of aromatic nitrogens is 4. The zero-order chi connectivity index (χ0) is 32.6. The van der Waals surface area contributed by atoms with Gasteiger partial charge in [0.15, 0.2) is 5.65 Å². The van der Waals surface area contributed by atoms with E-state index >= 15 is 0 Å². The van der Waals surface area contributed by atoms with Gasteiger partial charge in [-0.25, -0.2) is 19.6 Å². The van der Waals surface area contributed by atoms with Crippen LogP contribution in [-0.2, 0) is 43.8 Å². The van der Waals surface area contributed by atoms with E-state index in [4.69, 9.17) is 43.2 Å². The molecule has 4 rings (SSSR count). The summed E-state index contributed by atoms with van der Waals surface area (Å²) in [6.45, 7) is 5.32. The average molecular weight is 670 g/mol. The number of imidazole rings is 1. The van der Waals surface area contributed by atoms with Crippen LogP contribution >= 0.6 is 19.4 Å². The van der Waals surface area contributed by atoms with Gasteiger partial charge in [0, 0.05) is 4.90 Å². The number of nitrogen functional groups attached to an aromatic ring is 1. The summed E-state index contributed by atoms with van der Waals surface area (Å²) in [4.78, 5) is 37.7. The first-order valence-electron chi connectivity index (χ1n) is 13.9. The summed E-state index contributed by atoms with van der Waals surface area (Å²) in [5.41, 5.74) is 6.34. The maximum atomic E-state index is 13.5. The van der Waals surface area contributed by atoms with Crippen molar-refractivity contribution >= 4 is 48.8 Å². The van der Waals surface area contributed by atoms with Crippen molar-refractivity contribution in [2.75, 3.05) is 32.8 Å². The fraction of sp³-hybridized carbons (Fsp3) is 0.519. The van der Waals surface area contributed by atoms with Gasteiger partial charge in [-0.05, 0) is 64.8 Å². The van der Waals surface area contributed by atoms with Crippen molar-refractivity contribution < 1.29 is 51.6 Å². The average Bonchev–Trinajstić information content (AvgIpc) is 3.63. The zero-order valence-electron chi connectivity index (χ0n) is 25.5. The summed E-state index contributed by atoms with van der Waals surface area (Å²) in [6, 6.07) is 7.49. The van der Waals surface area contributed by atoms with Crippen LogP contribution in [0.3, 0.4) is 0 Å². The van der Waals surface area contributed by atoms with E-state index in [0.29, 0.717) is 35.6 Å². The lowest BCUT2D eigenvalue weighted by Crippen LogP contribution is -2.24. The number of benzene rings is 1. The number of anilines is 1. The second-order valence-corrected chi connectivity index (χ2v) is 13.5. The Kier molecular flexibility index (Phi) is 11.5. The Bertz CT molecular complexity index is 1480. The van der Waals surface area contributed by atoms with Crippen molar-refractivity contribution in [3.05, 3.63) is 30.6 Å². The number of rotatable bonds is 16. The molecule has 0 saturated heterocycles. The molecule has 0 unspecified atom stereocenters. The maximum Gasteiger partial charge on any atom is 0.510 e. The highest BCUT2D eigenvalue weighted by Gasteiger charge is 2.47. The molecule has 0 aliphatic heterocycles. The predicted octanol–water partition coefficient (Wildman–Crippen LogP) is 5.34. The molecule has 1 aromatic carbocycles. The molecule has 16 nitrogen and oxygen atoms in total. The summed E-state index contributed by atoms with van der Waals surface area (Å²) in [6.07, 6.45) is -0.608. The summed E-state index contributed by atoms with van der Waals surface area (Å²) in [5, 5.41) is 0.575. The first-order chi connectivity index (χ1) is 21.4. The van der Waals surface area contributed by atoms with Gasteiger partial charge in [0.2, 0.25) is 19.5 Å². The first-order valence-corrected chi connectivity index (χ1v) is 16.4. The molecule has 2 aromatic heterocycles. The molecule has 2 heterocycles. The van der Waals surface area contributed by atoms with Crippen LogP contribution in [0.5, 0.6) is 5.75 Å². The number of hydrogen-bond acceptors (Lipinski definition) is 16. The quantitative estimate of drug-likeness (QED) is 0.0887. The highest BCUT2D eigenvalue weighted by Crippen LogP contribution is 2.52. The lowest BCUT2D eigenvalue weighted by molar-refractivity contribution is -0.0394. The Morgan fingerprint density at radius 2 is 1.60 bits per heavy atom. The summed E-state index contributed by atoms with van der Waals surface area (Å²) < 4.78 is 56.5. The summed E-state index contributed by atoms with van der Waals surface area (Å²) >= 11 is 1.38. The number of nitrogens with two attached hydrogens (primary N) is 1. The molecule has 1 saturated carbocycles. The number of ether oxygens (including phenoxy) is 6. The minimum atomic E-state index is -4.13. The third kappa shape index (κ3) is 10.2. The third-order valence-electron chi connectivity index (χ3n) is 6.03. The number of fused-ring (bicyclic) bond motifs is 1. The molecule has 0 spiro atoms. The van der Waals surface area contributed by atoms with Crippen molar-refractivity contribution in [2.45, 2.75) is 74.8 Å². The Morgan fingerprint density at radius 1 is 1.00 bits per heavy atom. The van der Waals surface area contributed by atoms with Crippen LogP contribution in [-0.4, -0.2) is 76.7 Å². The van der Waals surface area contributed by atoms with E-state index in [1.807, 2.05) is 24.3 Å². The fourth-order valence-corrected chi connectivity index (χ4v) is 5.72. The molecule has 0 bridgehead atoms. The van der Waals surface area contributed by atoms with Crippen LogP contribution < -0.4 is 10.5 Å². The molecule has 1 aliphatic rings. The van der Waals surface area contributed by atoms with Gasteiger partial charge in [-0.2, -0.15) is 4.98 Å². The van der Waals surface area contributed by atoms with Crippen molar-refractivity contribution in [1.82, 2.24) is 19.5 Å². The normalized spacial score (nSPS) is 14.0. The predicted molar refractivity (Wildman–Crippen MR) is 160 cm³/mol. The summed E-state index contributed by atoms with van der Waals surface area (Å²) in [7, 11) is -2.53. The van der Waals surface area contributed by atoms with Crippen LogP contribution in [0.4, 0.5) is 15.5 Å². The van der Waals surface area contributed by atoms with Crippen molar-refractivity contribution in [3.8, 4) is 5.75 Å². The molecule has 246 valence electrons. The number of methoxy groups -OCH3 is 1. The van der Waals surface area contributed by atoms with E-state index in [0.717, 1.165) is 10.6 Å². The molecule has 2 N–H and O–H groups in total. The molecule has 1 fully saturated rings. The Labute approximate surface area is 263 Å². The Morgan fingerprint density at radius 3 is 2.13 bits per heavy atom. The smallest absolute Gasteiger partial charge is 0.497 e. The molecule has 18 heteroatoms. The molecule has 45 heavy (non-hydrogen) atoms. The van der Waals surface area contributed by atoms with Crippen LogP contribution in [0, 0.1) is 0 Å². The van der Waals surface area contributed by atoms with E-state index in [-0.39, 0.29) is 5.95 Å². The van der Waals surface area contributed by atoms with Crippen LogP contribution in [0.15, 0.2) is 40.5 Å². The minimum absolute atomic E-state index is 0.0734. The zero-order valence-corrected chi connectivity index (χ0v) is 27.2. The third-order valence-corrected chi connectivity index (χ3v) is 8.46. The largest absolute Gasteiger partial charge is 0.510 e. The number of carbonyl (C=O) groups excluding carboxylic acids is 2. The molecule has 3 aromatic rings. The van der Waals surface area contributed by atoms with Gasteiger partial charge in [0.25, 0.3) is 0 Å².